The van der Waals surface area contributed by atoms with Crippen molar-refractivity contribution in [3.63, 3.8) is 0 Å². The average Bonchev–Trinajstić information content (AvgIpc) is 3.29. The Morgan fingerprint density at radius 2 is 1.22 bits per heavy atom. The molecule has 0 unspecified atom stereocenters. The smallest absolute Gasteiger partial charge is 0.135 e. The van der Waals surface area contributed by atoms with E-state index in [1.165, 1.54) is 0 Å². The van der Waals surface area contributed by atoms with Gasteiger partial charge < -0.3 is 5.11 Å². The highest BCUT2D eigenvalue weighted by atomic mass is 16.3. The molecular formula is C16H15NO. The van der Waals surface area contributed by atoms with E-state index >= 15 is 0 Å². The van der Waals surface area contributed by atoms with E-state index in [4.69, 9.17) is 0 Å². The Bertz CT molecular complexity index is 533. The van der Waals surface area contributed by atoms with Crippen molar-refractivity contribution >= 4 is 0 Å². The molecule has 0 radical (unpaired) electrons. The van der Waals surface area contributed by atoms with Gasteiger partial charge in [0, 0.05) is 13.1 Å². The van der Waals surface area contributed by atoms with Gasteiger partial charge in [-0.25, -0.2) is 0 Å². The molecule has 2 aromatic carbocycles. The van der Waals surface area contributed by atoms with Gasteiger partial charge in [-0.3, -0.25) is 4.90 Å². The molecule has 2 nitrogen and oxygen atoms in total. The van der Waals surface area contributed by atoms with E-state index < -0.39 is 5.60 Å². The topological polar surface area (TPSA) is 23.2 Å². The second kappa shape index (κ2) is 3.22. The highest BCUT2D eigenvalue weighted by Gasteiger charge is 2.78. The molecule has 0 spiro atoms. The van der Waals surface area contributed by atoms with Crippen LogP contribution in [0.5, 0.6) is 0 Å². The Kier molecular flexibility index (Phi) is 1.84. The highest BCUT2D eigenvalue weighted by Crippen LogP contribution is 2.62. The lowest BCUT2D eigenvalue weighted by atomic mass is 9.78. The summed E-state index contributed by atoms with van der Waals surface area (Å²) in [5.74, 6) is 0. The average molecular weight is 237 g/mol. The maximum atomic E-state index is 11.4. The zero-order valence-electron chi connectivity index (χ0n) is 10.1. The normalized spacial score (nSPS) is 28.6. The van der Waals surface area contributed by atoms with Gasteiger partial charge in [-0.15, -0.1) is 0 Å². The summed E-state index contributed by atoms with van der Waals surface area (Å²) in [6, 6.07) is 20.1. The Morgan fingerprint density at radius 1 is 0.833 bits per heavy atom. The zero-order chi connectivity index (χ0) is 12.2. The van der Waals surface area contributed by atoms with Crippen LogP contribution >= 0.6 is 0 Å². The van der Waals surface area contributed by atoms with Crippen molar-refractivity contribution in [2.75, 3.05) is 13.1 Å². The summed E-state index contributed by atoms with van der Waals surface area (Å²) in [4.78, 5) is 2.31. The van der Waals surface area contributed by atoms with Crippen LogP contribution in [0.15, 0.2) is 60.7 Å². The molecule has 0 amide bonds. The van der Waals surface area contributed by atoms with Crippen LogP contribution in [-0.4, -0.2) is 28.6 Å². The molecule has 2 heterocycles. The Balaban J connectivity index is 1.90. The molecule has 4 rings (SSSR count). The SMILES string of the molecule is OC(c1ccccc1)(c1ccccc1)C12CN1C2. The van der Waals surface area contributed by atoms with Gasteiger partial charge >= 0.3 is 0 Å². The van der Waals surface area contributed by atoms with Crippen LogP contribution in [0.25, 0.3) is 0 Å². The van der Waals surface area contributed by atoms with Crippen molar-refractivity contribution in [3.05, 3.63) is 71.8 Å². The molecule has 2 fully saturated rings. The van der Waals surface area contributed by atoms with Crippen molar-refractivity contribution in [2.24, 2.45) is 0 Å². The fourth-order valence-electron chi connectivity index (χ4n) is 3.03. The van der Waals surface area contributed by atoms with Gasteiger partial charge in [-0.2, -0.15) is 0 Å². The molecule has 0 aliphatic carbocycles. The number of hydrogen-bond acceptors (Lipinski definition) is 2. The second-order valence-electron chi connectivity index (χ2n) is 5.33. The largest absolute Gasteiger partial charge is 0.378 e. The maximum Gasteiger partial charge on any atom is 0.135 e. The number of fused-ring (bicyclic) bond motifs is 1. The first-order valence-electron chi connectivity index (χ1n) is 6.36. The van der Waals surface area contributed by atoms with Crippen LogP contribution in [0.3, 0.4) is 0 Å². The van der Waals surface area contributed by atoms with Crippen LogP contribution in [0.2, 0.25) is 0 Å². The zero-order valence-corrected chi connectivity index (χ0v) is 10.1. The summed E-state index contributed by atoms with van der Waals surface area (Å²) in [5.41, 5.74) is 1.10. The summed E-state index contributed by atoms with van der Waals surface area (Å²) >= 11 is 0. The second-order valence-corrected chi connectivity index (χ2v) is 5.33. The first-order chi connectivity index (χ1) is 8.77. The molecule has 2 aromatic rings. The summed E-state index contributed by atoms with van der Waals surface area (Å²) in [5, 5.41) is 11.4. The third-order valence-electron chi connectivity index (χ3n) is 4.36. The van der Waals surface area contributed by atoms with Gasteiger partial charge in [0.05, 0.1) is 5.54 Å². The lowest BCUT2D eigenvalue weighted by Gasteiger charge is -2.31. The minimum absolute atomic E-state index is 0.0320. The lowest BCUT2D eigenvalue weighted by molar-refractivity contribution is 0.0629. The predicted molar refractivity (Wildman–Crippen MR) is 70.2 cm³/mol. The standard InChI is InChI=1S/C16H15NO/c18-16(15-11-17(15)12-15,13-7-3-1-4-8-13)14-9-5-2-6-10-14/h1-10,18H,11-12H2. The molecule has 2 aliphatic heterocycles. The predicted octanol–water partition coefficient (Wildman–Crippen LogP) is 1.99. The van der Waals surface area contributed by atoms with Crippen molar-refractivity contribution in [2.45, 2.75) is 11.1 Å². The van der Waals surface area contributed by atoms with Crippen LogP contribution in [-0.2, 0) is 5.60 Å². The van der Waals surface area contributed by atoms with Crippen LogP contribution in [0, 0.1) is 0 Å². The van der Waals surface area contributed by atoms with Gasteiger partial charge in [-0.1, -0.05) is 60.7 Å². The highest BCUT2D eigenvalue weighted by molar-refractivity contribution is 5.49. The molecule has 1 N–H and O–H groups in total. The number of rotatable bonds is 3. The van der Waals surface area contributed by atoms with Crippen molar-refractivity contribution in [3.8, 4) is 0 Å². The van der Waals surface area contributed by atoms with E-state index in [0.717, 1.165) is 24.2 Å². The van der Waals surface area contributed by atoms with Gasteiger partial charge in [0.1, 0.15) is 5.60 Å². The van der Waals surface area contributed by atoms with Gasteiger partial charge in [0.15, 0.2) is 0 Å². The van der Waals surface area contributed by atoms with Crippen molar-refractivity contribution < 1.29 is 5.11 Å². The summed E-state index contributed by atoms with van der Waals surface area (Å²) in [6.45, 7) is 2.01. The molecule has 0 bridgehead atoms. The van der Waals surface area contributed by atoms with Gasteiger partial charge in [-0.05, 0) is 11.1 Å². The molecule has 2 heteroatoms. The Morgan fingerprint density at radius 3 is 1.56 bits per heavy atom. The minimum Gasteiger partial charge on any atom is -0.378 e. The van der Waals surface area contributed by atoms with E-state index in [-0.39, 0.29) is 5.54 Å². The first-order valence-corrected chi connectivity index (χ1v) is 6.36. The van der Waals surface area contributed by atoms with Gasteiger partial charge in [0.25, 0.3) is 0 Å². The summed E-state index contributed by atoms with van der Waals surface area (Å²) in [7, 11) is 0. The van der Waals surface area contributed by atoms with E-state index in [0.29, 0.717) is 0 Å². The molecule has 18 heavy (non-hydrogen) atoms. The molecular weight excluding hydrogens is 222 g/mol. The number of aliphatic hydroxyl groups is 1. The van der Waals surface area contributed by atoms with E-state index in [1.807, 2.05) is 60.7 Å². The quantitative estimate of drug-likeness (QED) is 0.825. The summed E-state index contributed by atoms with van der Waals surface area (Å²) in [6.07, 6.45) is 0. The van der Waals surface area contributed by atoms with Crippen molar-refractivity contribution in [1.82, 2.24) is 4.90 Å². The monoisotopic (exact) mass is 237 g/mol. The lowest BCUT2D eigenvalue weighted by Crippen LogP contribution is -2.39. The molecule has 0 atom stereocenters. The Labute approximate surface area is 106 Å². The number of hydrogen-bond donors (Lipinski definition) is 1. The van der Waals surface area contributed by atoms with Crippen molar-refractivity contribution in [1.29, 1.82) is 0 Å². The Hall–Kier alpha value is -1.64. The summed E-state index contributed by atoms with van der Waals surface area (Å²) < 4.78 is 0. The third kappa shape index (κ3) is 1.14. The molecule has 0 aromatic heterocycles. The van der Waals surface area contributed by atoms with Crippen LogP contribution in [0.4, 0.5) is 0 Å². The first kappa shape index (κ1) is 10.3. The van der Waals surface area contributed by atoms with E-state index in [2.05, 4.69) is 4.90 Å². The van der Waals surface area contributed by atoms with Crippen LogP contribution in [0.1, 0.15) is 11.1 Å². The molecule has 2 saturated heterocycles. The van der Waals surface area contributed by atoms with E-state index in [9.17, 15) is 5.11 Å². The maximum absolute atomic E-state index is 11.4. The molecule has 90 valence electrons. The fraction of sp³-hybridized carbons (Fsp3) is 0.250. The number of nitrogens with zero attached hydrogens (tertiary/aromatic N) is 1. The molecule has 0 saturated carbocycles. The van der Waals surface area contributed by atoms with E-state index in [1.54, 1.807) is 0 Å². The van der Waals surface area contributed by atoms with Crippen LogP contribution < -0.4 is 0 Å². The van der Waals surface area contributed by atoms with Gasteiger partial charge in [0.2, 0.25) is 0 Å². The third-order valence-corrected chi connectivity index (χ3v) is 4.36. The fourth-order valence-corrected chi connectivity index (χ4v) is 3.03. The number of benzene rings is 2. The minimum atomic E-state index is -0.866. The molecule has 2 aliphatic rings.